The van der Waals surface area contributed by atoms with Gasteiger partial charge in [0.25, 0.3) is 0 Å². The van der Waals surface area contributed by atoms with E-state index in [4.69, 9.17) is 4.74 Å². The first-order valence-electron chi connectivity index (χ1n) is 9.58. The topological polar surface area (TPSA) is 55.5 Å². The maximum atomic E-state index is 13.4. The molecule has 0 amide bonds. The summed E-state index contributed by atoms with van der Waals surface area (Å²) in [6.45, 7) is 4.51. The van der Waals surface area contributed by atoms with E-state index < -0.39 is 11.7 Å². The molecule has 2 aliphatic heterocycles. The molecular formula is C20H20F3N5O. The largest absolute Gasteiger partial charge is 0.417 e. The summed E-state index contributed by atoms with van der Waals surface area (Å²) in [7, 11) is 0. The second kappa shape index (κ2) is 6.77. The summed E-state index contributed by atoms with van der Waals surface area (Å²) in [6, 6.07) is 0.976. The van der Waals surface area contributed by atoms with Gasteiger partial charge < -0.3 is 4.74 Å². The van der Waals surface area contributed by atoms with Crippen molar-refractivity contribution in [2.75, 3.05) is 26.3 Å². The van der Waals surface area contributed by atoms with E-state index in [9.17, 15) is 13.2 Å². The molecule has 5 heterocycles. The lowest BCUT2D eigenvalue weighted by molar-refractivity contribution is -0.140. The van der Waals surface area contributed by atoms with Gasteiger partial charge in [-0.15, -0.1) is 0 Å². The van der Waals surface area contributed by atoms with Crippen LogP contribution in [0.15, 0.2) is 37.1 Å². The van der Waals surface area contributed by atoms with Gasteiger partial charge in [-0.3, -0.25) is 9.88 Å². The van der Waals surface area contributed by atoms with Crippen LogP contribution in [0.4, 0.5) is 13.2 Å². The predicted octanol–water partition coefficient (Wildman–Crippen LogP) is 3.42. The molecule has 0 saturated carbocycles. The SMILES string of the molecule is FC(F)(F)c1ccncc1-c1cnn2cc(CN3CCC4(CC3)COC4)cnc12. The Balaban J connectivity index is 1.38. The van der Waals surface area contributed by atoms with Crippen LogP contribution in [0.2, 0.25) is 0 Å². The van der Waals surface area contributed by atoms with Crippen molar-refractivity contribution >= 4 is 5.65 Å². The first kappa shape index (κ1) is 18.5. The number of ether oxygens (including phenoxy) is 1. The zero-order valence-corrected chi connectivity index (χ0v) is 15.7. The van der Waals surface area contributed by atoms with Crippen molar-refractivity contribution in [2.24, 2.45) is 5.41 Å². The van der Waals surface area contributed by atoms with Crippen LogP contribution in [-0.4, -0.2) is 50.8 Å². The molecule has 0 radical (unpaired) electrons. The maximum Gasteiger partial charge on any atom is 0.417 e. The monoisotopic (exact) mass is 403 g/mol. The average Bonchev–Trinajstić information content (AvgIpc) is 3.10. The summed E-state index contributed by atoms with van der Waals surface area (Å²) in [5, 5.41) is 4.24. The van der Waals surface area contributed by atoms with Crippen LogP contribution in [0, 0.1) is 5.41 Å². The number of pyridine rings is 1. The lowest BCUT2D eigenvalue weighted by Crippen LogP contribution is -2.50. The van der Waals surface area contributed by atoms with Crippen LogP contribution in [0.5, 0.6) is 0 Å². The minimum absolute atomic E-state index is 0.0145. The van der Waals surface area contributed by atoms with E-state index in [2.05, 4.69) is 20.0 Å². The molecule has 0 bridgehead atoms. The van der Waals surface area contributed by atoms with Crippen LogP contribution in [0.1, 0.15) is 24.0 Å². The summed E-state index contributed by atoms with van der Waals surface area (Å²) >= 11 is 0. The molecule has 0 N–H and O–H groups in total. The minimum atomic E-state index is -4.47. The lowest BCUT2D eigenvalue weighted by atomic mass is 9.77. The normalized spacial score (nSPS) is 19.6. The van der Waals surface area contributed by atoms with Crippen LogP contribution in [0.3, 0.4) is 0 Å². The Morgan fingerprint density at radius 3 is 2.55 bits per heavy atom. The Morgan fingerprint density at radius 1 is 1.07 bits per heavy atom. The van der Waals surface area contributed by atoms with E-state index in [0.717, 1.165) is 63.5 Å². The molecule has 2 aliphatic rings. The average molecular weight is 403 g/mol. The Bertz CT molecular complexity index is 1030. The van der Waals surface area contributed by atoms with E-state index in [1.165, 1.54) is 12.4 Å². The summed E-state index contributed by atoms with van der Waals surface area (Å²) in [5.41, 5.74) is 1.32. The number of likely N-dealkylation sites (tertiary alicyclic amines) is 1. The van der Waals surface area contributed by atoms with Crippen molar-refractivity contribution in [3.63, 3.8) is 0 Å². The quantitative estimate of drug-likeness (QED) is 0.671. The summed E-state index contributed by atoms with van der Waals surface area (Å²) in [5.74, 6) is 0. The Morgan fingerprint density at radius 2 is 1.86 bits per heavy atom. The number of nitrogens with zero attached hydrogens (tertiary/aromatic N) is 5. The molecular weight excluding hydrogens is 383 g/mol. The maximum absolute atomic E-state index is 13.4. The molecule has 9 heteroatoms. The number of fused-ring (bicyclic) bond motifs is 1. The number of rotatable bonds is 3. The second-order valence-corrected chi connectivity index (χ2v) is 7.98. The summed E-state index contributed by atoms with van der Waals surface area (Å²) < 4.78 is 47.0. The fourth-order valence-corrected chi connectivity index (χ4v) is 4.16. The highest BCUT2D eigenvalue weighted by Gasteiger charge is 2.41. The molecule has 0 aromatic carbocycles. The Labute approximate surface area is 165 Å². The Hall–Kier alpha value is -2.52. The van der Waals surface area contributed by atoms with Gasteiger partial charge in [0.15, 0.2) is 5.65 Å². The summed E-state index contributed by atoms with van der Waals surface area (Å²) in [4.78, 5) is 10.7. The van der Waals surface area contributed by atoms with E-state index in [1.54, 1.807) is 10.7 Å². The molecule has 2 saturated heterocycles. The number of piperidine rings is 1. The van der Waals surface area contributed by atoms with Crippen molar-refractivity contribution in [3.8, 4) is 11.1 Å². The third-order valence-electron chi connectivity index (χ3n) is 5.97. The van der Waals surface area contributed by atoms with Crippen molar-refractivity contribution in [1.29, 1.82) is 0 Å². The smallest absolute Gasteiger partial charge is 0.380 e. The zero-order chi connectivity index (χ0) is 20.1. The third kappa shape index (κ3) is 3.38. The van der Waals surface area contributed by atoms with Gasteiger partial charge in [-0.05, 0) is 32.0 Å². The molecule has 2 fully saturated rings. The Kier molecular flexibility index (Phi) is 4.32. The summed E-state index contributed by atoms with van der Waals surface area (Å²) in [6.07, 6.45) is 5.13. The number of aromatic nitrogens is 4. The van der Waals surface area contributed by atoms with Crippen LogP contribution >= 0.6 is 0 Å². The zero-order valence-electron chi connectivity index (χ0n) is 15.7. The van der Waals surface area contributed by atoms with Crippen molar-refractivity contribution < 1.29 is 17.9 Å². The van der Waals surface area contributed by atoms with E-state index >= 15 is 0 Å². The molecule has 0 aliphatic carbocycles. The van der Waals surface area contributed by atoms with Gasteiger partial charge in [-0.25, -0.2) is 9.50 Å². The minimum Gasteiger partial charge on any atom is -0.380 e. The fourth-order valence-electron chi connectivity index (χ4n) is 4.16. The van der Waals surface area contributed by atoms with Gasteiger partial charge in [-0.2, -0.15) is 18.3 Å². The number of halogens is 3. The van der Waals surface area contributed by atoms with Crippen LogP contribution in [-0.2, 0) is 17.5 Å². The van der Waals surface area contributed by atoms with E-state index in [-0.39, 0.29) is 5.56 Å². The highest BCUT2D eigenvalue weighted by atomic mass is 19.4. The van der Waals surface area contributed by atoms with Gasteiger partial charge in [0.2, 0.25) is 0 Å². The highest BCUT2D eigenvalue weighted by molar-refractivity contribution is 5.78. The highest BCUT2D eigenvalue weighted by Crippen LogP contribution is 2.39. The van der Waals surface area contributed by atoms with Crippen molar-refractivity contribution in [2.45, 2.75) is 25.6 Å². The van der Waals surface area contributed by atoms with Crippen molar-refractivity contribution in [3.05, 3.63) is 48.2 Å². The van der Waals surface area contributed by atoms with E-state index in [0.29, 0.717) is 16.6 Å². The van der Waals surface area contributed by atoms with Gasteiger partial charge in [0, 0.05) is 53.4 Å². The molecule has 3 aromatic heterocycles. The van der Waals surface area contributed by atoms with Crippen LogP contribution in [0.25, 0.3) is 16.8 Å². The molecule has 1 spiro atoms. The van der Waals surface area contributed by atoms with Crippen LogP contribution < -0.4 is 0 Å². The molecule has 0 unspecified atom stereocenters. The molecule has 152 valence electrons. The lowest BCUT2D eigenvalue weighted by Gasteiger charge is -2.47. The first-order chi connectivity index (χ1) is 13.9. The number of hydrogen-bond acceptors (Lipinski definition) is 5. The van der Waals surface area contributed by atoms with Gasteiger partial charge >= 0.3 is 6.18 Å². The first-order valence-corrected chi connectivity index (χ1v) is 9.58. The fraction of sp³-hybridized carbons (Fsp3) is 0.450. The molecule has 5 rings (SSSR count). The molecule has 0 atom stereocenters. The standard InChI is InChI=1S/C20H20F3N5O/c21-20(22,23)17-1-4-24-8-15(17)16-9-26-28-11-14(7-25-18(16)28)10-27-5-2-19(3-6-27)12-29-13-19/h1,4,7-9,11H,2-3,5-6,10,12-13H2. The van der Waals surface area contributed by atoms with Gasteiger partial charge in [0.05, 0.1) is 25.0 Å². The second-order valence-electron chi connectivity index (χ2n) is 7.98. The third-order valence-corrected chi connectivity index (χ3v) is 5.97. The predicted molar refractivity (Wildman–Crippen MR) is 99.0 cm³/mol. The molecule has 29 heavy (non-hydrogen) atoms. The molecule has 3 aromatic rings. The number of alkyl halides is 3. The molecule has 6 nitrogen and oxygen atoms in total. The van der Waals surface area contributed by atoms with Gasteiger partial charge in [0.1, 0.15) is 0 Å². The van der Waals surface area contributed by atoms with E-state index in [1.807, 2.05) is 6.20 Å². The van der Waals surface area contributed by atoms with Crippen molar-refractivity contribution in [1.82, 2.24) is 24.5 Å². The van der Waals surface area contributed by atoms with Gasteiger partial charge in [-0.1, -0.05) is 0 Å². The number of hydrogen-bond donors (Lipinski definition) is 0.